The Morgan fingerprint density at radius 3 is 2.86 bits per heavy atom. The zero-order valence-electron chi connectivity index (χ0n) is 11.5. The van der Waals surface area contributed by atoms with Crippen LogP contribution in [0.15, 0.2) is 46.9 Å². The number of hydrogen-bond acceptors (Lipinski definition) is 3. The number of rotatable bonds is 5. The lowest BCUT2D eigenvalue weighted by atomic mass is 10.1. The monoisotopic (exact) mass is 362 g/mol. The average molecular weight is 363 g/mol. The van der Waals surface area contributed by atoms with E-state index in [2.05, 4.69) is 21.2 Å². The molecule has 0 heterocycles. The Hall–Kier alpha value is -2.39. The van der Waals surface area contributed by atoms with Gasteiger partial charge in [-0.1, -0.05) is 28.1 Å². The predicted octanol–water partition coefficient (Wildman–Crippen LogP) is 3.16. The van der Waals surface area contributed by atoms with Crippen molar-refractivity contribution in [2.24, 2.45) is 0 Å². The molecule has 0 fully saturated rings. The van der Waals surface area contributed by atoms with Crippen molar-refractivity contribution in [2.45, 2.75) is 6.54 Å². The van der Waals surface area contributed by atoms with Crippen molar-refractivity contribution < 1.29 is 13.9 Å². The van der Waals surface area contributed by atoms with Gasteiger partial charge in [-0.2, -0.15) is 5.26 Å². The van der Waals surface area contributed by atoms with E-state index in [1.165, 1.54) is 12.1 Å². The fourth-order valence-electron chi connectivity index (χ4n) is 1.74. The van der Waals surface area contributed by atoms with E-state index in [-0.39, 0.29) is 24.8 Å². The second kappa shape index (κ2) is 7.57. The number of amides is 1. The van der Waals surface area contributed by atoms with Crippen molar-refractivity contribution in [1.29, 1.82) is 5.26 Å². The molecule has 0 saturated heterocycles. The van der Waals surface area contributed by atoms with Gasteiger partial charge in [-0.25, -0.2) is 4.39 Å². The van der Waals surface area contributed by atoms with Gasteiger partial charge < -0.3 is 10.1 Å². The second-order valence-corrected chi connectivity index (χ2v) is 5.37. The van der Waals surface area contributed by atoms with E-state index in [0.29, 0.717) is 10.0 Å². The highest BCUT2D eigenvalue weighted by Crippen LogP contribution is 2.21. The molecule has 0 atom stereocenters. The molecule has 2 aromatic rings. The van der Waals surface area contributed by atoms with E-state index in [4.69, 9.17) is 10.00 Å². The van der Waals surface area contributed by atoms with Crippen LogP contribution in [0.2, 0.25) is 0 Å². The summed E-state index contributed by atoms with van der Waals surface area (Å²) < 4.78 is 19.2. The van der Waals surface area contributed by atoms with Gasteiger partial charge in [-0.05, 0) is 35.9 Å². The molecule has 0 aliphatic rings. The third-order valence-corrected chi connectivity index (χ3v) is 3.29. The van der Waals surface area contributed by atoms with Crippen molar-refractivity contribution in [2.75, 3.05) is 6.61 Å². The van der Waals surface area contributed by atoms with Gasteiger partial charge in [0.25, 0.3) is 5.91 Å². The normalized spacial score (nSPS) is 9.86. The van der Waals surface area contributed by atoms with Crippen LogP contribution in [0.1, 0.15) is 11.1 Å². The zero-order chi connectivity index (χ0) is 15.9. The Labute approximate surface area is 135 Å². The van der Waals surface area contributed by atoms with E-state index >= 15 is 0 Å². The molecular formula is C16H12BrFN2O2. The fraction of sp³-hybridized carbons (Fsp3) is 0.125. The summed E-state index contributed by atoms with van der Waals surface area (Å²) >= 11 is 3.14. The highest BCUT2D eigenvalue weighted by molar-refractivity contribution is 9.10. The van der Waals surface area contributed by atoms with Crippen LogP contribution < -0.4 is 10.1 Å². The van der Waals surface area contributed by atoms with Crippen LogP contribution in [-0.4, -0.2) is 12.5 Å². The molecule has 2 aromatic carbocycles. The summed E-state index contributed by atoms with van der Waals surface area (Å²) in [7, 11) is 0. The highest BCUT2D eigenvalue weighted by Gasteiger charge is 2.07. The van der Waals surface area contributed by atoms with Crippen molar-refractivity contribution in [3.63, 3.8) is 0 Å². The minimum Gasteiger partial charge on any atom is -0.481 e. The number of carbonyl (C=O) groups excluding carboxylic acids is 1. The van der Waals surface area contributed by atoms with Gasteiger partial charge >= 0.3 is 0 Å². The van der Waals surface area contributed by atoms with Crippen LogP contribution in [0.25, 0.3) is 0 Å². The lowest BCUT2D eigenvalue weighted by molar-refractivity contribution is -0.123. The largest absolute Gasteiger partial charge is 0.481 e. The van der Waals surface area contributed by atoms with Crippen LogP contribution in [0.4, 0.5) is 4.39 Å². The van der Waals surface area contributed by atoms with Gasteiger partial charge in [0.2, 0.25) is 0 Å². The SMILES string of the molecule is N#Cc1cccc(CNC(=O)COc2ccc(Br)cc2F)c1. The van der Waals surface area contributed by atoms with Crippen molar-refractivity contribution in [1.82, 2.24) is 5.32 Å². The Balaban J connectivity index is 1.84. The van der Waals surface area contributed by atoms with E-state index in [1.807, 2.05) is 6.07 Å². The van der Waals surface area contributed by atoms with Crippen LogP contribution in [0.3, 0.4) is 0 Å². The van der Waals surface area contributed by atoms with Gasteiger partial charge in [-0.15, -0.1) is 0 Å². The summed E-state index contributed by atoms with van der Waals surface area (Å²) in [5.74, 6) is -0.890. The quantitative estimate of drug-likeness (QED) is 0.888. The number of carbonyl (C=O) groups is 1. The maximum absolute atomic E-state index is 13.5. The molecule has 1 N–H and O–H groups in total. The minimum atomic E-state index is -0.538. The fourth-order valence-corrected chi connectivity index (χ4v) is 2.07. The summed E-state index contributed by atoms with van der Waals surface area (Å²) in [6, 6.07) is 13.3. The number of nitrogens with zero attached hydrogens (tertiary/aromatic N) is 1. The van der Waals surface area contributed by atoms with E-state index in [0.717, 1.165) is 5.56 Å². The van der Waals surface area contributed by atoms with E-state index in [9.17, 15) is 9.18 Å². The second-order valence-electron chi connectivity index (χ2n) is 4.45. The first kappa shape index (κ1) is 16.0. The van der Waals surface area contributed by atoms with Gasteiger partial charge in [0.15, 0.2) is 18.2 Å². The molecule has 0 radical (unpaired) electrons. The topological polar surface area (TPSA) is 62.1 Å². The first-order valence-electron chi connectivity index (χ1n) is 6.42. The molecule has 0 unspecified atom stereocenters. The molecule has 0 aliphatic carbocycles. The summed E-state index contributed by atoms with van der Waals surface area (Å²) in [5.41, 5.74) is 1.34. The maximum atomic E-state index is 13.5. The van der Waals surface area contributed by atoms with Crippen LogP contribution in [0.5, 0.6) is 5.75 Å². The summed E-state index contributed by atoms with van der Waals surface area (Å²) in [4.78, 5) is 11.7. The lowest BCUT2D eigenvalue weighted by Crippen LogP contribution is -2.28. The van der Waals surface area contributed by atoms with E-state index in [1.54, 1.807) is 30.3 Å². The molecule has 0 spiro atoms. The first-order chi connectivity index (χ1) is 10.6. The molecule has 6 heteroatoms. The molecule has 0 saturated carbocycles. The van der Waals surface area contributed by atoms with E-state index < -0.39 is 5.82 Å². The Bertz CT molecular complexity index is 728. The Kier molecular flexibility index (Phi) is 5.50. The average Bonchev–Trinajstić information content (AvgIpc) is 2.52. The number of nitrogens with one attached hydrogen (secondary N) is 1. The number of hydrogen-bond donors (Lipinski definition) is 1. The van der Waals surface area contributed by atoms with Crippen molar-refractivity contribution in [3.05, 3.63) is 63.9 Å². The number of ether oxygens (including phenoxy) is 1. The van der Waals surface area contributed by atoms with Crippen LogP contribution in [-0.2, 0) is 11.3 Å². The molecule has 2 rings (SSSR count). The highest BCUT2D eigenvalue weighted by atomic mass is 79.9. The third kappa shape index (κ3) is 4.57. The standard InChI is InChI=1S/C16H12BrFN2O2/c17-13-4-5-15(14(18)7-13)22-10-16(21)20-9-12-3-1-2-11(6-12)8-19/h1-7H,9-10H2,(H,20,21). The minimum absolute atomic E-state index is 0.0184. The first-order valence-corrected chi connectivity index (χ1v) is 7.21. The number of halogens is 2. The molecule has 0 bridgehead atoms. The molecular weight excluding hydrogens is 351 g/mol. The maximum Gasteiger partial charge on any atom is 0.258 e. The Morgan fingerprint density at radius 2 is 2.14 bits per heavy atom. The molecule has 1 amide bonds. The molecule has 0 aliphatic heterocycles. The smallest absolute Gasteiger partial charge is 0.258 e. The van der Waals surface area contributed by atoms with Gasteiger partial charge in [0.05, 0.1) is 11.6 Å². The van der Waals surface area contributed by atoms with Gasteiger partial charge in [-0.3, -0.25) is 4.79 Å². The lowest BCUT2D eigenvalue weighted by Gasteiger charge is -2.08. The number of nitriles is 1. The van der Waals surface area contributed by atoms with Crippen LogP contribution in [0, 0.1) is 17.1 Å². The third-order valence-electron chi connectivity index (χ3n) is 2.80. The van der Waals surface area contributed by atoms with Gasteiger partial charge in [0.1, 0.15) is 0 Å². The molecule has 0 aromatic heterocycles. The van der Waals surface area contributed by atoms with Crippen molar-refractivity contribution >= 4 is 21.8 Å². The molecule has 112 valence electrons. The number of benzene rings is 2. The Morgan fingerprint density at radius 1 is 1.32 bits per heavy atom. The summed E-state index contributed by atoms with van der Waals surface area (Å²) in [5, 5.41) is 11.4. The molecule has 4 nitrogen and oxygen atoms in total. The van der Waals surface area contributed by atoms with Crippen molar-refractivity contribution in [3.8, 4) is 11.8 Å². The molecule has 22 heavy (non-hydrogen) atoms. The summed E-state index contributed by atoms with van der Waals surface area (Å²) in [6.45, 7) is -0.00295. The van der Waals surface area contributed by atoms with Gasteiger partial charge in [0, 0.05) is 11.0 Å². The van der Waals surface area contributed by atoms with Crippen LogP contribution >= 0.6 is 15.9 Å². The zero-order valence-corrected chi connectivity index (χ0v) is 13.1. The predicted molar refractivity (Wildman–Crippen MR) is 82.6 cm³/mol. The summed E-state index contributed by atoms with van der Waals surface area (Å²) in [6.07, 6.45) is 0.